The predicted octanol–water partition coefficient (Wildman–Crippen LogP) is 10.9. The lowest BCUT2D eigenvalue weighted by atomic mass is 10.0. The van der Waals surface area contributed by atoms with Gasteiger partial charge in [-0.25, -0.2) is 15.0 Å². The summed E-state index contributed by atoms with van der Waals surface area (Å²) in [6.07, 6.45) is 0. The topological polar surface area (TPSA) is 43.6 Å². The van der Waals surface area contributed by atoms with E-state index >= 15 is 0 Å². The van der Waals surface area contributed by atoms with E-state index in [1.807, 2.05) is 6.07 Å². The summed E-state index contributed by atoms with van der Waals surface area (Å²) in [6.45, 7) is 0. The molecule has 0 aliphatic carbocycles. The molecular formula is C41H26N4S. The number of fused-ring (bicyclic) bond motifs is 4. The van der Waals surface area contributed by atoms with E-state index < -0.39 is 0 Å². The molecule has 0 N–H and O–H groups in total. The number of hydrogen-bond donors (Lipinski definition) is 0. The van der Waals surface area contributed by atoms with E-state index in [2.05, 4.69) is 156 Å². The fraction of sp³-hybridized carbons (Fsp3) is 0. The van der Waals surface area contributed by atoms with Gasteiger partial charge in [0.25, 0.3) is 0 Å². The molecule has 0 amide bonds. The summed E-state index contributed by atoms with van der Waals surface area (Å²) >= 11 is 1.71. The molecular weight excluding hydrogens is 581 g/mol. The first-order chi connectivity index (χ1) is 22.8. The maximum absolute atomic E-state index is 5.12. The van der Waals surface area contributed by atoms with Gasteiger partial charge in [-0.2, -0.15) is 0 Å². The summed E-state index contributed by atoms with van der Waals surface area (Å²) in [5.41, 5.74) is 7.63. The van der Waals surface area contributed by atoms with Crippen LogP contribution in [0, 0.1) is 0 Å². The van der Waals surface area contributed by atoms with Crippen molar-refractivity contribution in [3.63, 3.8) is 0 Å². The monoisotopic (exact) mass is 606 g/mol. The Balaban J connectivity index is 1.25. The molecule has 4 nitrogen and oxygen atoms in total. The first kappa shape index (κ1) is 26.5. The van der Waals surface area contributed by atoms with E-state index in [9.17, 15) is 0 Å². The highest BCUT2D eigenvalue weighted by atomic mass is 32.1. The van der Waals surface area contributed by atoms with Crippen LogP contribution >= 0.6 is 11.3 Å². The Labute approximate surface area is 269 Å². The van der Waals surface area contributed by atoms with Crippen LogP contribution in [0.4, 0.5) is 0 Å². The standard InChI is InChI=1S/C41H26N4S/c1-3-12-27(13-4-1)28-15-11-16-30(24-28)39-42-40(44-41(43-39)38-26-29-14-7-10-21-37(29)46-38)31-22-23-36-34(25-31)33-19-8-9-20-35(33)45(36)32-17-5-2-6-18-32/h1-26H. The molecule has 9 aromatic rings. The second kappa shape index (κ2) is 10.9. The molecule has 0 saturated heterocycles. The number of benzene rings is 6. The lowest BCUT2D eigenvalue weighted by Crippen LogP contribution is -1.99. The predicted molar refractivity (Wildman–Crippen MR) is 191 cm³/mol. The molecule has 0 bridgehead atoms. The van der Waals surface area contributed by atoms with Crippen molar-refractivity contribution in [2.75, 3.05) is 0 Å². The zero-order valence-corrected chi connectivity index (χ0v) is 25.5. The third-order valence-electron chi connectivity index (χ3n) is 8.45. The Bertz CT molecular complexity index is 2500. The summed E-state index contributed by atoms with van der Waals surface area (Å²) in [7, 11) is 0. The third-order valence-corrected chi connectivity index (χ3v) is 9.57. The second-order valence-corrected chi connectivity index (χ2v) is 12.4. The average molecular weight is 607 g/mol. The van der Waals surface area contributed by atoms with E-state index in [1.165, 1.54) is 21.0 Å². The van der Waals surface area contributed by atoms with Crippen LogP contribution in [-0.2, 0) is 0 Å². The minimum Gasteiger partial charge on any atom is -0.309 e. The van der Waals surface area contributed by atoms with E-state index in [4.69, 9.17) is 15.0 Å². The zero-order chi connectivity index (χ0) is 30.5. The van der Waals surface area contributed by atoms with Gasteiger partial charge in [-0.3, -0.25) is 0 Å². The summed E-state index contributed by atoms with van der Waals surface area (Å²) < 4.78 is 3.53. The number of hydrogen-bond acceptors (Lipinski definition) is 4. The van der Waals surface area contributed by atoms with Gasteiger partial charge in [0.1, 0.15) is 0 Å². The smallest absolute Gasteiger partial charge is 0.174 e. The van der Waals surface area contributed by atoms with Crippen molar-refractivity contribution in [1.82, 2.24) is 19.5 Å². The third kappa shape index (κ3) is 4.57. The van der Waals surface area contributed by atoms with Crippen molar-refractivity contribution in [2.24, 2.45) is 0 Å². The highest BCUT2D eigenvalue weighted by Crippen LogP contribution is 2.37. The molecule has 3 aromatic heterocycles. The molecule has 0 unspecified atom stereocenters. The van der Waals surface area contributed by atoms with Gasteiger partial charge in [-0.05, 0) is 71.1 Å². The lowest BCUT2D eigenvalue weighted by molar-refractivity contribution is 1.08. The van der Waals surface area contributed by atoms with E-state index in [0.717, 1.165) is 43.7 Å². The van der Waals surface area contributed by atoms with Crippen molar-refractivity contribution in [3.05, 3.63) is 158 Å². The molecule has 0 atom stereocenters. The molecule has 3 heterocycles. The van der Waals surface area contributed by atoms with Crippen LogP contribution in [0.5, 0.6) is 0 Å². The van der Waals surface area contributed by atoms with Crippen molar-refractivity contribution >= 4 is 43.2 Å². The van der Waals surface area contributed by atoms with Gasteiger partial charge in [-0.1, -0.05) is 103 Å². The van der Waals surface area contributed by atoms with Crippen molar-refractivity contribution in [2.45, 2.75) is 0 Å². The first-order valence-corrected chi connectivity index (χ1v) is 16.1. The largest absolute Gasteiger partial charge is 0.309 e. The average Bonchev–Trinajstić information content (AvgIpc) is 3.72. The van der Waals surface area contributed by atoms with Crippen LogP contribution in [0.15, 0.2) is 158 Å². The molecule has 216 valence electrons. The molecule has 5 heteroatoms. The Morgan fingerprint density at radius 2 is 1.04 bits per heavy atom. The van der Waals surface area contributed by atoms with E-state index in [-0.39, 0.29) is 0 Å². The molecule has 0 aliphatic rings. The van der Waals surface area contributed by atoms with Gasteiger partial charge >= 0.3 is 0 Å². The van der Waals surface area contributed by atoms with Gasteiger partial charge < -0.3 is 4.57 Å². The SMILES string of the molecule is c1ccc(-c2cccc(-c3nc(-c4ccc5c(c4)c4ccccc4n5-c4ccccc4)nc(-c4cc5ccccc5s4)n3)c2)cc1. The zero-order valence-electron chi connectivity index (χ0n) is 24.7. The number of aromatic nitrogens is 4. The Morgan fingerprint density at radius 3 is 1.87 bits per heavy atom. The number of rotatable bonds is 5. The quantitative estimate of drug-likeness (QED) is 0.196. The van der Waals surface area contributed by atoms with Crippen LogP contribution in [0.2, 0.25) is 0 Å². The van der Waals surface area contributed by atoms with Crippen LogP contribution in [0.25, 0.3) is 82.2 Å². The van der Waals surface area contributed by atoms with Crippen LogP contribution in [-0.4, -0.2) is 19.5 Å². The highest BCUT2D eigenvalue weighted by molar-refractivity contribution is 7.22. The van der Waals surface area contributed by atoms with Gasteiger partial charge in [0.05, 0.1) is 15.9 Å². The Kier molecular flexibility index (Phi) is 6.28. The summed E-state index contributed by atoms with van der Waals surface area (Å²) in [5, 5.41) is 3.54. The summed E-state index contributed by atoms with van der Waals surface area (Å²) in [6, 6.07) is 55.1. The summed E-state index contributed by atoms with van der Waals surface area (Å²) in [4.78, 5) is 16.3. The molecule has 0 fully saturated rings. The summed E-state index contributed by atoms with van der Waals surface area (Å²) in [5.74, 6) is 1.99. The van der Waals surface area contributed by atoms with E-state index in [0.29, 0.717) is 17.5 Å². The van der Waals surface area contributed by atoms with Crippen molar-refractivity contribution < 1.29 is 0 Å². The Morgan fingerprint density at radius 1 is 0.413 bits per heavy atom. The first-order valence-electron chi connectivity index (χ1n) is 15.3. The van der Waals surface area contributed by atoms with Gasteiger partial charge in [-0.15, -0.1) is 11.3 Å². The van der Waals surface area contributed by atoms with Crippen LogP contribution in [0.3, 0.4) is 0 Å². The molecule has 46 heavy (non-hydrogen) atoms. The lowest BCUT2D eigenvalue weighted by Gasteiger charge is -2.10. The maximum atomic E-state index is 5.12. The number of para-hydroxylation sites is 2. The molecule has 0 spiro atoms. The minimum absolute atomic E-state index is 0.654. The van der Waals surface area contributed by atoms with Crippen molar-refractivity contribution in [1.29, 1.82) is 0 Å². The number of nitrogens with zero attached hydrogens (tertiary/aromatic N) is 4. The number of thiophene rings is 1. The molecule has 9 rings (SSSR count). The molecule has 6 aromatic carbocycles. The molecule has 0 saturated carbocycles. The highest BCUT2D eigenvalue weighted by Gasteiger charge is 2.17. The fourth-order valence-corrected chi connectivity index (χ4v) is 7.27. The minimum atomic E-state index is 0.654. The maximum Gasteiger partial charge on any atom is 0.174 e. The Hall–Kier alpha value is -5.91. The van der Waals surface area contributed by atoms with Crippen molar-refractivity contribution in [3.8, 4) is 50.3 Å². The second-order valence-electron chi connectivity index (χ2n) is 11.3. The van der Waals surface area contributed by atoms with Crippen LogP contribution in [0.1, 0.15) is 0 Å². The molecule has 0 radical (unpaired) electrons. The van der Waals surface area contributed by atoms with Crippen LogP contribution < -0.4 is 0 Å². The molecule has 0 aliphatic heterocycles. The van der Waals surface area contributed by atoms with E-state index in [1.54, 1.807) is 11.3 Å². The van der Waals surface area contributed by atoms with Gasteiger partial charge in [0, 0.05) is 32.3 Å². The van der Waals surface area contributed by atoms with Gasteiger partial charge in [0.15, 0.2) is 17.5 Å². The fourth-order valence-electron chi connectivity index (χ4n) is 6.27. The van der Waals surface area contributed by atoms with Gasteiger partial charge in [0.2, 0.25) is 0 Å². The normalized spacial score (nSPS) is 11.5.